The summed E-state index contributed by atoms with van der Waals surface area (Å²) < 4.78 is 1.52. The molecule has 1 heterocycles. The Kier molecular flexibility index (Phi) is 4.04. The van der Waals surface area contributed by atoms with E-state index in [1.54, 1.807) is 36.4 Å². The van der Waals surface area contributed by atoms with Gasteiger partial charge >= 0.3 is 0 Å². The van der Waals surface area contributed by atoms with Crippen molar-refractivity contribution in [1.29, 1.82) is 0 Å². The van der Waals surface area contributed by atoms with Crippen molar-refractivity contribution in [3.8, 4) is 5.69 Å². The number of hydrogen-bond acceptors (Lipinski definition) is 4. The lowest BCUT2D eigenvalue weighted by atomic mass is 10.2. The molecular weight excluding hydrogens is 325 g/mol. The molecule has 6 nitrogen and oxygen atoms in total. The summed E-state index contributed by atoms with van der Waals surface area (Å²) in [7, 11) is 0. The summed E-state index contributed by atoms with van der Waals surface area (Å²) in [5.74, 6) is -0.270. The van der Waals surface area contributed by atoms with E-state index in [-0.39, 0.29) is 5.91 Å². The quantitative estimate of drug-likeness (QED) is 0.798. The fourth-order valence-electron chi connectivity index (χ4n) is 1.82. The predicted molar refractivity (Wildman–Crippen MR) is 83.6 cm³/mol. The van der Waals surface area contributed by atoms with Crippen LogP contribution in [0.25, 0.3) is 5.69 Å². The fraction of sp³-hybridized carbons (Fsp3) is 0. The first-order chi connectivity index (χ1) is 10.6. The number of carbonyl (C=O) groups excluding carboxylic acids is 1. The van der Waals surface area contributed by atoms with Crippen LogP contribution in [0.3, 0.4) is 0 Å². The first kappa shape index (κ1) is 14.5. The largest absolute Gasteiger partial charge is 0.322 e. The maximum absolute atomic E-state index is 12.1. The predicted octanol–water partition coefficient (Wildman–Crippen LogP) is 3.22. The molecule has 3 rings (SSSR count). The van der Waals surface area contributed by atoms with Gasteiger partial charge in [-0.05, 0) is 52.9 Å². The molecule has 0 aliphatic rings. The molecule has 0 atom stereocenters. The highest BCUT2D eigenvalue weighted by molar-refractivity contribution is 6.42. The van der Waals surface area contributed by atoms with Crippen molar-refractivity contribution in [2.24, 2.45) is 0 Å². The van der Waals surface area contributed by atoms with Crippen LogP contribution in [0.15, 0.2) is 48.8 Å². The number of anilines is 1. The van der Waals surface area contributed by atoms with Crippen LogP contribution in [-0.4, -0.2) is 26.1 Å². The van der Waals surface area contributed by atoms with Crippen LogP contribution >= 0.6 is 23.2 Å². The summed E-state index contributed by atoms with van der Waals surface area (Å²) >= 11 is 11.7. The molecule has 0 saturated heterocycles. The van der Waals surface area contributed by atoms with Crippen molar-refractivity contribution >= 4 is 34.8 Å². The third kappa shape index (κ3) is 3.08. The third-order valence-corrected chi connectivity index (χ3v) is 3.66. The Morgan fingerprint density at radius 1 is 1.05 bits per heavy atom. The molecule has 1 N–H and O–H groups in total. The van der Waals surface area contributed by atoms with Crippen LogP contribution in [0, 0.1) is 0 Å². The summed E-state index contributed by atoms with van der Waals surface area (Å²) in [6.07, 6.45) is 1.49. The highest BCUT2D eigenvalue weighted by Crippen LogP contribution is 2.23. The van der Waals surface area contributed by atoms with Crippen LogP contribution in [-0.2, 0) is 0 Å². The summed E-state index contributed by atoms with van der Waals surface area (Å²) in [5.41, 5.74) is 1.87. The smallest absolute Gasteiger partial charge is 0.255 e. The van der Waals surface area contributed by atoms with Gasteiger partial charge in [-0.15, -0.1) is 5.10 Å². The van der Waals surface area contributed by atoms with Crippen LogP contribution in [0.4, 0.5) is 5.69 Å². The molecule has 0 spiro atoms. The van der Waals surface area contributed by atoms with Gasteiger partial charge < -0.3 is 5.32 Å². The molecule has 0 radical (unpaired) electrons. The normalized spacial score (nSPS) is 10.5. The first-order valence-corrected chi connectivity index (χ1v) is 6.99. The van der Waals surface area contributed by atoms with E-state index in [9.17, 15) is 4.79 Å². The molecular formula is C14H9Cl2N5O. The molecule has 1 aromatic heterocycles. The van der Waals surface area contributed by atoms with E-state index < -0.39 is 0 Å². The van der Waals surface area contributed by atoms with Gasteiger partial charge in [-0.3, -0.25) is 4.79 Å². The number of benzene rings is 2. The molecule has 0 saturated carbocycles. The lowest BCUT2D eigenvalue weighted by molar-refractivity contribution is 0.102. The van der Waals surface area contributed by atoms with Gasteiger partial charge in [0.15, 0.2) is 0 Å². The van der Waals surface area contributed by atoms with Gasteiger partial charge in [0.05, 0.1) is 15.7 Å². The lowest BCUT2D eigenvalue weighted by Crippen LogP contribution is -2.11. The molecule has 3 aromatic rings. The molecule has 1 amide bonds. The Balaban J connectivity index is 1.75. The SMILES string of the molecule is O=C(Nc1ccc(-n2cnnn2)cc1)c1ccc(Cl)c(Cl)c1. The number of tetrazole rings is 1. The second-order valence-electron chi connectivity index (χ2n) is 4.38. The van der Waals surface area contributed by atoms with Crippen LogP contribution in [0.1, 0.15) is 10.4 Å². The minimum Gasteiger partial charge on any atom is -0.322 e. The van der Waals surface area contributed by atoms with Crippen molar-refractivity contribution in [2.75, 3.05) is 5.32 Å². The molecule has 22 heavy (non-hydrogen) atoms. The number of carbonyl (C=O) groups is 1. The Morgan fingerprint density at radius 2 is 1.82 bits per heavy atom. The van der Waals surface area contributed by atoms with Crippen LogP contribution in [0.2, 0.25) is 10.0 Å². The van der Waals surface area contributed by atoms with Gasteiger partial charge in [0, 0.05) is 11.3 Å². The number of rotatable bonds is 3. The van der Waals surface area contributed by atoms with Crippen molar-refractivity contribution in [3.63, 3.8) is 0 Å². The summed E-state index contributed by atoms with van der Waals surface area (Å²) in [4.78, 5) is 12.1. The van der Waals surface area contributed by atoms with Crippen molar-refractivity contribution in [1.82, 2.24) is 20.2 Å². The van der Waals surface area contributed by atoms with E-state index in [0.717, 1.165) is 5.69 Å². The monoisotopic (exact) mass is 333 g/mol. The van der Waals surface area contributed by atoms with Gasteiger partial charge in [-0.25, -0.2) is 4.68 Å². The van der Waals surface area contributed by atoms with Crippen molar-refractivity contribution in [2.45, 2.75) is 0 Å². The van der Waals surface area contributed by atoms with Gasteiger partial charge in [0.2, 0.25) is 0 Å². The maximum Gasteiger partial charge on any atom is 0.255 e. The van der Waals surface area contributed by atoms with E-state index in [4.69, 9.17) is 23.2 Å². The number of hydrogen-bond donors (Lipinski definition) is 1. The van der Waals surface area contributed by atoms with Crippen molar-refractivity contribution in [3.05, 3.63) is 64.4 Å². The molecule has 0 aliphatic carbocycles. The molecule has 2 aromatic carbocycles. The standard InChI is InChI=1S/C14H9Cl2N5O/c15-12-6-1-9(7-13(12)16)14(22)18-10-2-4-11(5-3-10)21-8-17-19-20-21/h1-8H,(H,18,22). The zero-order chi connectivity index (χ0) is 15.5. The topological polar surface area (TPSA) is 72.7 Å². The van der Waals surface area contributed by atoms with E-state index in [2.05, 4.69) is 20.8 Å². The number of aromatic nitrogens is 4. The van der Waals surface area contributed by atoms with Crippen LogP contribution < -0.4 is 5.32 Å². The molecule has 110 valence electrons. The number of amides is 1. The Morgan fingerprint density at radius 3 is 2.45 bits per heavy atom. The fourth-order valence-corrected chi connectivity index (χ4v) is 2.12. The van der Waals surface area contributed by atoms with E-state index in [0.29, 0.717) is 21.3 Å². The zero-order valence-electron chi connectivity index (χ0n) is 11.1. The minimum atomic E-state index is -0.270. The highest BCUT2D eigenvalue weighted by Gasteiger charge is 2.08. The first-order valence-electron chi connectivity index (χ1n) is 6.23. The second kappa shape index (κ2) is 6.13. The molecule has 8 heteroatoms. The molecule has 0 bridgehead atoms. The second-order valence-corrected chi connectivity index (χ2v) is 5.20. The summed E-state index contributed by atoms with van der Waals surface area (Å²) in [5, 5.41) is 14.4. The lowest BCUT2D eigenvalue weighted by Gasteiger charge is -2.07. The molecule has 0 fully saturated rings. The third-order valence-electron chi connectivity index (χ3n) is 2.92. The van der Waals surface area contributed by atoms with Crippen LogP contribution in [0.5, 0.6) is 0 Å². The van der Waals surface area contributed by atoms with E-state index >= 15 is 0 Å². The molecule has 0 unspecified atom stereocenters. The number of nitrogens with one attached hydrogen (secondary N) is 1. The van der Waals surface area contributed by atoms with E-state index in [1.165, 1.54) is 17.1 Å². The Bertz CT molecular complexity index is 803. The summed E-state index contributed by atoms with van der Waals surface area (Å²) in [6, 6.07) is 11.8. The maximum atomic E-state index is 12.1. The van der Waals surface area contributed by atoms with E-state index in [1.807, 2.05) is 0 Å². The highest BCUT2D eigenvalue weighted by atomic mass is 35.5. The van der Waals surface area contributed by atoms with Gasteiger partial charge in [-0.1, -0.05) is 23.2 Å². The van der Waals surface area contributed by atoms with Gasteiger partial charge in [0.1, 0.15) is 6.33 Å². The Labute approximate surface area is 135 Å². The van der Waals surface area contributed by atoms with Crippen molar-refractivity contribution < 1.29 is 4.79 Å². The van der Waals surface area contributed by atoms with Gasteiger partial charge in [0.25, 0.3) is 5.91 Å². The minimum absolute atomic E-state index is 0.270. The Hall–Kier alpha value is -2.44. The average molecular weight is 334 g/mol. The summed E-state index contributed by atoms with van der Waals surface area (Å²) in [6.45, 7) is 0. The van der Waals surface area contributed by atoms with Gasteiger partial charge in [-0.2, -0.15) is 0 Å². The zero-order valence-corrected chi connectivity index (χ0v) is 12.6. The number of halogens is 2. The average Bonchev–Trinajstić information content (AvgIpc) is 3.05. The number of nitrogens with zero attached hydrogens (tertiary/aromatic N) is 4. The molecule has 0 aliphatic heterocycles.